The summed E-state index contributed by atoms with van der Waals surface area (Å²) < 4.78 is 9.88. The number of amides is 1. The van der Waals surface area contributed by atoms with Gasteiger partial charge in [-0.25, -0.2) is 9.59 Å². The van der Waals surface area contributed by atoms with E-state index in [1.807, 2.05) is 20.8 Å². The van der Waals surface area contributed by atoms with Crippen molar-refractivity contribution in [2.45, 2.75) is 51.3 Å². The lowest BCUT2D eigenvalue weighted by Gasteiger charge is -2.37. The Bertz CT molecular complexity index is 626. The summed E-state index contributed by atoms with van der Waals surface area (Å²) in [5.41, 5.74) is 0.00778. The molecule has 1 saturated carbocycles. The molecule has 1 amide bonds. The predicted octanol–water partition coefficient (Wildman–Crippen LogP) is 2.38. The number of nitrogens with zero attached hydrogens (tertiary/aromatic N) is 2. The van der Waals surface area contributed by atoms with E-state index in [0.29, 0.717) is 18.5 Å². The molecular weight excluding hydrogens is 336 g/mol. The van der Waals surface area contributed by atoms with Crippen molar-refractivity contribution >= 4 is 29.4 Å². The number of alkyl carbamates (subject to hydrolysis) is 1. The highest BCUT2D eigenvalue weighted by atomic mass is 35.5. The smallest absolute Gasteiger partial charge is 0.407 e. The number of hydrogen-bond donors (Lipinski definition) is 2. The number of aromatic nitrogens is 2. The quantitative estimate of drug-likeness (QED) is 0.798. The number of halogens is 1. The summed E-state index contributed by atoms with van der Waals surface area (Å²) in [6.07, 6.45) is 0.953. The first-order valence-electron chi connectivity index (χ1n) is 7.55. The summed E-state index contributed by atoms with van der Waals surface area (Å²) in [5, 5.41) is 13.6. The molecule has 0 atom stereocenters. The molecule has 8 nitrogen and oxygen atoms in total. The normalized spacial score (nSPS) is 19.9. The second kappa shape index (κ2) is 7.21. The lowest BCUT2D eigenvalue weighted by atomic mass is 9.86. The molecule has 0 bridgehead atoms. The van der Waals surface area contributed by atoms with Crippen LogP contribution in [0.4, 0.5) is 10.5 Å². The van der Waals surface area contributed by atoms with Gasteiger partial charge in [0.25, 0.3) is 0 Å². The van der Waals surface area contributed by atoms with Crippen LogP contribution in [-0.2, 0) is 9.47 Å². The molecule has 0 spiro atoms. The van der Waals surface area contributed by atoms with E-state index in [1.54, 1.807) is 0 Å². The van der Waals surface area contributed by atoms with Gasteiger partial charge < -0.3 is 20.1 Å². The molecule has 1 aromatic rings. The fraction of sp³-hybridized carbons (Fsp3) is 0.600. The van der Waals surface area contributed by atoms with E-state index in [-0.39, 0.29) is 22.9 Å². The average Bonchev–Trinajstić information content (AvgIpc) is 2.42. The Morgan fingerprint density at radius 1 is 1.25 bits per heavy atom. The van der Waals surface area contributed by atoms with Crippen LogP contribution in [0, 0.1) is 0 Å². The molecule has 24 heavy (non-hydrogen) atoms. The van der Waals surface area contributed by atoms with Gasteiger partial charge in [0.15, 0.2) is 10.8 Å². The molecule has 2 N–H and O–H groups in total. The predicted molar refractivity (Wildman–Crippen MR) is 88.2 cm³/mol. The summed E-state index contributed by atoms with van der Waals surface area (Å²) in [5.74, 6) is -0.593. The van der Waals surface area contributed by atoms with Gasteiger partial charge >= 0.3 is 12.1 Å². The first-order chi connectivity index (χ1) is 11.2. The minimum Gasteiger partial charge on any atom is -0.464 e. The van der Waals surface area contributed by atoms with Gasteiger partial charge in [0.1, 0.15) is 5.60 Å². The summed E-state index contributed by atoms with van der Waals surface area (Å²) in [6.45, 7) is 5.44. The van der Waals surface area contributed by atoms with E-state index < -0.39 is 17.7 Å². The van der Waals surface area contributed by atoms with Gasteiger partial charge in [0.05, 0.1) is 12.8 Å². The van der Waals surface area contributed by atoms with Gasteiger partial charge in [0, 0.05) is 18.2 Å². The Kier molecular flexibility index (Phi) is 5.48. The molecule has 9 heteroatoms. The Morgan fingerprint density at radius 2 is 1.92 bits per heavy atom. The summed E-state index contributed by atoms with van der Waals surface area (Å²) in [7, 11) is 1.27. The van der Waals surface area contributed by atoms with E-state index in [1.165, 1.54) is 13.2 Å². The third-order valence-electron chi connectivity index (χ3n) is 3.36. The van der Waals surface area contributed by atoms with E-state index in [9.17, 15) is 9.59 Å². The van der Waals surface area contributed by atoms with Crippen molar-refractivity contribution in [1.82, 2.24) is 15.5 Å². The zero-order valence-corrected chi connectivity index (χ0v) is 14.8. The van der Waals surface area contributed by atoms with E-state index in [0.717, 1.165) is 0 Å². The number of nitrogens with one attached hydrogen (secondary N) is 2. The van der Waals surface area contributed by atoms with Gasteiger partial charge in [-0.2, -0.15) is 0 Å². The maximum Gasteiger partial charge on any atom is 0.407 e. The Hall–Kier alpha value is -2.09. The molecule has 0 aromatic carbocycles. The number of methoxy groups -OCH3 is 1. The van der Waals surface area contributed by atoms with Crippen molar-refractivity contribution < 1.29 is 19.1 Å². The highest BCUT2D eigenvalue weighted by Gasteiger charge is 2.32. The summed E-state index contributed by atoms with van der Waals surface area (Å²) in [4.78, 5) is 23.4. The number of ether oxygens (including phenoxy) is 2. The van der Waals surface area contributed by atoms with Crippen LogP contribution in [0.25, 0.3) is 0 Å². The lowest BCUT2D eigenvalue weighted by molar-refractivity contribution is 0.0475. The molecule has 0 unspecified atom stereocenters. The molecule has 1 aromatic heterocycles. The lowest BCUT2D eigenvalue weighted by Crippen LogP contribution is -2.50. The van der Waals surface area contributed by atoms with Crippen LogP contribution in [-0.4, -0.2) is 47.1 Å². The van der Waals surface area contributed by atoms with Crippen LogP contribution in [0.15, 0.2) is 6.07 Å². The zero-order valence-electron chi connectivity index (χ0n) is 14.1. The number of anilines is 1. The first kappa shape index (κ1) is 18.3. The fourth-order valence-corrected chi connectivity index (χ4v) is 2.42. The zero-order chi connectivity index (χ0) is 17.9. The van der Waals surface area contributed by atoms with Crippen molar-refractivity contribution in [2.24, 2.45) is 0 Å². The van der Waals surface area contributed by atoms with E-state index in [2.05, 4.69) is 25.6 Å². The Labute approximate surface area is 145 Å². The maximum absolute atomic E-state index is 11.7. The van der Waals surface area contributed by atoms with Gasteiger partial charge in [-0.1, -0.05) is 11.6 Å². The number of hydrogen-bond acceptors (Lipinski definition) is 7. The van der Waals surface area contributed by atoms with Crippen LogP contribution < -0.4 is 10.6 Å². The Morgan fingerprint density at radius 3 is 2.50 bits per heavy atom. The van der Waals surface area contributed by atoms with Crippen LogP contribution in [0.5, 0.6) is 0 Å². The minimum atomic E-state index is -0.593. The molecule has 1 aliphatic rings. The van der Waals surface area contributed by atoms with Crippen molar-refractivity contribution in [3.05, 3.63) is 16.9 Å². The second-order valence-electron chi connectivity index (χ2n) is 6.58. The fourth-order valence-electron chi connectivity index (χ4n) is 2.27. The van der Waals surface area contributed by atoms with Gasteiger partial charge in [-0.15, -0.1) is 10.2 Å². The molecule has 0 aliphatic heterocycles. The molecule has 132 valence electrons. The van der Waals surface area contributed by atoms with Gasteiger partial charge in [-0.05, 0) is 33.6 Å². The maximum atomic E-state index is 11.7. The molecular formula is C15H21ClN4O4. The molecule has 2 rings (SSSR count). The molecule has 1 aliphatic carbocycles. The standard InChI is InChI=1S/C15H21ClN4O4/c1-15(2,3)24-14(22)18-9-5-8(6-9)17-10-7-11(16)19-20-12(10)13(21)23-4/h7-9H,5-6H2,1-4H3,(H,17,19)(H,18,22). The van der Waals surface area contributed by atoms with E-state index in [4.69, 9.17) is 16.3 Å². The average molecular weight is 357 g/mol. The summed E-state index contributed by atoms with van der Waals surface area (Å²) in [6, 6.07) is 1.62. The van der Waals surface area contributed by atoms with Crippen LogP contribution in [0.3, 0.4) is 0 Å². The SMILES string of the molecule is COC(=O)c1nnc(Cl)cc1NC1CC(NC(=O)OC(C)(C)C)C1. The van der Waals surface area contributed by atoms with Crippen molar-refractivity contribution in [3.63, 3.8) is 0 Å². The van der Waals surface area contributed by atoms with Crippen molar-refractivity contribution in [2.75, 3.05) is 12.4 Å². The molecule has 0 saturated heterocycles. The largest absolute Gasteiger partial charge is 0.464 e. The van der Waals surface area contributed by atoms with Crippen LogP contribution in [0.2, 0.25) is 5.15 Å². The molecule has 0 radical (unpaired) electrons. The van der Waals surface area contributed by atoms with Crippen LogP contribution >= 0.6 is 11.6 Å². The van der Waals surface area contributed by atoms with Gasteiger partial charge in [-0.3, -0.25) is 0 Å². The number of esters is 1. The number of carbonyl (C=O) groups is 2. The second-order valence-corrected chi connectivity index (χ2v) is 6.96. The van der Waals surface area contributed by atoms with Crippen LogP contribution in [0.1, 0.15) is 44.1 Å². The first-order valence-corrected chi connectivity index (χ1v) is 7.93. The highest BCUT2D eigenvalue weighted by Crippen LogP contribution is 2.27. The number of rotatable bonds is 4. The third kappa shape index (κ3) is 4.95. The summed E-state index contributed by atoms with van der Waals surface area (Å²) >= 11 is 5.83. The third-order valence-corrected chi connectivity index (χ3v) is 3.55. The van der Waals surface area contributed by atoms with Crippen molar-refractivity contribution in [1.29, 1.82) is 0 Å². The van der Waals surface area contributed by atoms with Gasteiger partial charge in [0.2, 0.25) is 0 Å². The highest BCUT2D eigenvalue weighted by molar-refractivity contribution is 6.29. The minimum absolute atomic E-state index is 0.0178. The van der Waals surface area contributed by atoms with E-state index >= 15 is 0 Å². The topological polar surface area (TPSA) is 102 Å². The Balaban J connectivity index is 1.88. The number of carbonyl (C=O) groups excluding carboxylic acids is 2. The molecule has 1 heterocycles. The van der Waals surface area contributed by atoms with Crippen molar-refractivity contribution in [3.8, 4) is 0 Å². The molecule has 1 fully saturated rings. The monoisotopic (exact) mass is 356 g/mol.